The zero-order valence-electron chi connectivity index (χ0n) is 14.5. The molecule has 2 aromatic carbocycles. The average Bonchev–Trinajstić information content (AvgIpc) is 3.32. The van der Waals surface area contributed by atoms with E-state index in [0.29, 0.717) is 12.1 Å². The van der Waals surface area contributed by atoms with E-state index >= 15 is 0 Å². The number of benzene rings is 2. The molecule has 1 saturated heterocycles. The van der Waals surface area contributed by atoms with Crippen LogP contribution in [-0.4, -0.2) is 35.2 Å². The van der Waals surface area contributed by atoms with Crippen LogP contribution in [0.1, 0.15) is 16.8 Å². The first kappa shape index (κ1) is 17.7. The fraction of sp³-hybridized carbons (Fsp3) is 0.200. The smallest absolute Gasteiger partial charge is 0.251 e. The Morgan fingerprint density at radius 1 is 1.22 bits per heavy atom. The van der Waals surface area contributed by atoms with E-state index in [-0.39, 0.29) is 17.8 Å². The number of nitrogens with one attached hydrogen (secondary N) is 2. The van der Waals surface area contributed by atoms with Crippen LogP contribution in [0.2, 0.25) is 0 Å². The summed E-state index contributed by atoms with van der Waals surface area (Å²) >= 11 is 3.39. The van der Waals surface area contributed by atoms with Crippen LogP contribution < -0.4 is 10.2 Å². The van der Waals surface area contributed by atoms with Crippen LogP contribution in [0.25, 0.3) is 11.3 Å². The van der Waals surface area contributed by atoms with Crippen LogP contribution in [0, 0.1) is 5.82 Å². The van der Waals surface area contributed by atoms with E-state index in [0.717, 1.165) is 34.5 Å². The summed E-state index contributed by atoms with van der Waals surface area (Å²) in [4.78, 5) is 14.5. The molecule has 1 aliphatic rings. The summed E-state index contributed by atoms with van der Waals surface area (Å²) < 4.78 is 14.0. The SMILES string of the molecule is O=C(NC1CCN(c2cc(-c3ccc(F)cc3)[nH]n2)C1)c1cccc(Br)c1. The van der Waals surface area contributed by atoms with E-state index in [2.05, 4.69) is 36.3 Å². The third-order valence-corrected chi connectivity index (χ3v) is 5.15. The number of hydrogen-bond donors (Lipinski definition) is 2. The second-order valence-electron chi connectivity index (χ2n) is 6.56. The predicted octanol–water partition coefficient (Wildman–Crippen LogP) is 3.99. The Morgan fingerprint density at radius 2 is 2.04 bits per heavy atom. The Labute approximate surface area is 164 Å². The molecule has 0 aliphatic carbocycles. The van der Waals surface area contributed by atoms with Gasteiger partial charge in [-0.15, -0.1) is 0 Å². The van der Waals surface area contributed by atoms with E-state index < -0.39 is 0 Å². The monoisotopic (exact) mass is 428 g/mol. The fourth-order valence-electron chi connectivity index (χ4n) is 3.24. The quantitative estimate of drug-likeness (QED) is 0.660. The summed E-state index contributed by atoms with van der Waals surface area (Å²) in [6.45, 7) is 1.52. The van der Waals surface area contributed by atoms with Gasteiger partial charge in [-0.05, 0) is 54.4 Å². The van der Waals surface area contributed by atoms with Crippen molar-refractivity contribution < 1.29 is 9.18 Å². The molecule has 1 amide bonds. The molecule has 7 heteroatoms. The zero-order chi connectivity index (χ0) is 18.8. The Hall–Kier alpha value is -2.67. The highest BCUT2D eigenvalue weighted by Crippen LogP contribution is 2.25. The highest BCUT2D eigenvalue weighted by molar-refractivity contribution is 9.10. The highest BCUT2D eigenvalue weighted by atomic mass is 79.9. The maximum Gasteiger partial charge on any atom is 0.251 e. The molecule has 1 fully saturated rings. The van der Waals surface area contributed by atoms with E-state index in [9.17, 15) is 9.18 Å². The van der Waals surface area contributed by atoms with E-state index in [1.165, 1.54) is 12.1 Å². The molecule has 1 atom stereocenters. The molecular formula is C20H18BrFN4O. The first-order valence-electron chi connectivity index (χ1n) is 8.71. The molecular weight excluding hydrogens is 411 g/mol. The molecule has 1 unspecified atom stereocenters. The first-order chi connectivity index (χ1) is 13.1. The number of hydrogen-bond acceptors (Lipinski definition) is 3. The minimum Gasteiger partial charge on any atom is -0.353 e. The van der Waals surface area contributed by atoms with Gasteiger partial charge in [-0.2, -0.15) is 5.10 Å². The molecule has 2 N–H and O–H groups in total. The van der Waals surface area contributed by atoms with Crippen LogP contribution in [0.4, 0.5) is 10.2 Å². The molecule has 0 bridgehead atoms. The Kier molecular flexibility index (Phi) is 4.94. The van der Waals surface area contributed by atoms with Crippen molar-refractivity contribution in [3.63, 3.8) is 0 Å². The van der Waals surface area contributed by atoms with Crippen molar-refractivity contribution in [3.8, 4) is 11.3 Å². The molecule has 5 nitrogen and oxygen atoms in total. The lowest BCUT2D eigenvalue weighted by atomic mass is 10.1. The van der Waals surface area contributed by atoms with Gasteiger partial charge in [0.15, 0.2) is 5.82 Å². The van der Waals surface area contributed by atoms with Gasteiger partial charge in [0.1, 0.15) is 5.82 Å². The fourth-order valence-corrected chi connectivity index (χ4v) is 3.63. The van der Waals surface area contributed by atoms with Crippen molar-refractivity contribution in [2.24, 2.45) is 0 Å². The number of anilines is 1. The highest BCUT2D eigenvalue weighted by Gasteiger charge is 2.26. The van der Waals surface area contributed by atoms with Gasteiger partial charge in [-0.25, -0.2) is 4.39 Å². The van der Waals surface area contributed by atoms with Crippen molar-refractivity contribution in [1.29, 1.82) is 0 Å². The summed E-state index contributed by atoms with van der Waals surface area (Å²) in [6, 6.07) is 15.7. The van der Waals surface area contributed by atoms with E-state index in [4.69, 9.17) is 0 Å². The lowest BCUT2D eigenvalue weighted by Gasteiger charge is -2.16. The molecule has 1 aromatic heterocycles. The number of amides is 1. The lowest BCUT2D eigenvalue weighted by Crippen LogP contribution is -2.37. The summed E-state index contributed by atoms with van der Waals surface area (Å²) in [5, 5.41) is 10.5. The topological polar surface area (TPSA) is 61.0 Å². The number of halogens is 2. The van der Waals surface area contributed by atoms with E-state index in [1.54, 1.807) is 18.2 Å². The Balaban J connectivity index is 1.40. The average molecular weight is 429 g/mol. The minimum absolute atomic E-state index is 0.0717. The third kappa shape index (κ3) is 4.03. The number of nitrogens with zero attached hydrogens (tertiary/aromatic N) is 2. The number of aromatic amines is 1. The maximum absolute atomic E-state index is 13.1. The molecule has 27 heavy (non-hydrogen) atoms. The standard InChI is InChI=1S/C20H18BrFN4O/c21-15-3-1-2-14(10-15)20(27)23-17-8-9-26(12-17)19-11-18(24-25-19)13-4-6-16(22)7-5-13/h1-7,10-11,17H,8-9,12H2,(H,23,27)(H,24,25). The normalized spacial score (nSPS) is 16.5. The molecule has 3 aromatic rings. The van der Waals surface area contributed by atoms with Gasteiger partial charge in [0.2, 0.25) is 0 Å². The molecule has 4 rings (SSSR count). The number of rotatable bonds is 4. The third-order valence-electron chi connectivity index (χ3n) is 4.65. The molecule has 0 spiro atoms. The van der Waals surface area contributed by atoms with Gasteiger partial charge in [0.05, 0.1) is 5.69 Å². The van der Waals surface area contributed by atoms with Gasteiger partial charge in [0, 0.05) is 35.2 Å². The maximum atomic E-state index is 13.1. The second kappa shape index (κ2) is 7.52. The van der Waals surface area contributed by atoms with Crippen LogP contribution in [0.5, 0.6) is 0 Å². The lowest BCUT2D eigenvalue weighted by molar-refractivity contribution is 0.0940. The van der Waals surface area contributed by atoms with Gasteiger partial charge >= 0.3 is 0 Å². The number of H-pyrrole nitrogens is 1. The van der Waals surface area contributed by atoms with Crippen molar-refractivity contribution in [1.82, 2.24) is 15.5 Å². The molecule has 138 valence electrons. The minimum atomic E-state index is -0.262. The summed E-state index contributed by atoms with van der Waals surface area (Å²) in [5.74, 6) is 0.493. The largest absolute Gasteiger partial charge is 0.353 e. The van der Waals surface area contributed by atoms with Gasteiger partial charge in [-0.1, -0.05) is 22.0 Å². The number of carbonyl (C=O) groups excluding carboxylic acids is 1. The summed E-state index contributed by atoms with van der Waals surface area (Å²) in [5.41, 5.74) is 2.36. The number of carbonyl (C=O) groups is 1. The number of aromatic nitrogens is 2. The van der Waals surface area contributed by atoms with Crippen LogP contribution in [0.15, 0.2) is 59.1 Å². The van der Waals surface area contributed by atoms with Gasteiger partial charge < -0.3 is 10.2 Å². The van der Waals surface area contributed by atoms with E-state index in [1.807, 2.05) is 24.3 Å². The van der Waals surface area contributed by atoms with Gasteiger partial charge in [0.25, 0.3) is 5.91 Å². The van der Waals surface area contributed by atoms with Crippen molar-refractivity contribution in [2.75, 3.05) is 18.0 Å². The van der Waals surface area contributed by atoms with Crippen molar-refractivity contribution in [2.45, 2.75) is 12.5 Å². The van der Waals surface area contributed by atoms with Crippen molar-refractivity contribution in [3.05, 3.63) is 70.5 Å². The first-order valence-corrected chi connectivity index (χ1v) is 9.50. The summed E-state index contributed by atoms with van der Waals surface area (Å²) in [7, 11) is 0. The molecule has 2 heterocycles. The Bertz CT molecular complexity index is 957. The van der Waals surface area contributed by atoms with Gasteiger partial charge in [-0.3, -0.25) is 9.89 Å². The summed E-state index contributed by atoms with van der Waals surface area (Å²) in [6.07, 6.45) is 0.860. The molecule has 0 saturated carbocycles. The van der Waals surface area contributed by atoms with Crippen molar-refractivity contribution >= 4 is 27.7 Å². The predicted molar refractivity (Wildman–Crippen MR) is 106 cm³/mol. The molecule has 1 aliphatic heterocycles. The zero-order valence-corrected chi connectivity index (χ0v) is 16.0. The van der Waals surface area contributed by atoms with Crippen LogP contribution in [0.3, 0.4) is 0 Å². The van der Waals surface area contributed by atoms with Crippen LogP contribution in [-0.2, 0) is 0 Å². The van der Waals surface area contributed by atoms with Crippen LogP contribution >= 0.6 is 15.9 Å². The Morgan fingerprint density at radius 3 is 2.81 bits per heavy atom. The molecule has 0 radical (unpaired) electrons. The second-order valence-corrected chi connectivity index (χ2v) is 7.48.